The molecule has 1 aliphatic heterocycles. The number of aliphatic hydroxyl groups is 1. The average Bonchev–Trinajstić information content (AvgIpc) is 3.34. The molecule has 1 aromatic heterocycles. The summed E-state index contributed by atoms with van der Waals surface area (Å²) in [6, 6.07) is 7.24. The highest BCUT2D eigenvalue weighted by atomic mass is 16.3. The lowest BCUT2D eigenvalue weighted by Gasteiger charge is -2.18. The van der Waals surface area contributed by atoms with Crippen molar-refractivity contribution in [3.05, 3.63) is 24.4 Å². The highest BCUT2D eigenvalue weighted by Crippen LogP contribution is 2.38. The molecule has 8 nitrogen and oxygen atoms in total. The van der Waals surface area contributed by atoms with Crippen molar-refractivity contribution in [3.63, 3.8) is 0 Å². The number of amides is 2. The standard InChI is InChI=1S/C18H17N5O3/c19-7-10-4-12(10)17(25)22-16-5-9-3-11(6-14(20)13(9)8-21-16)23-2-1-15(24)18(23)26/h3,5-6,8,10,12,15,24H,1-2,4,20H2,(H,21,22,25)/t10-,12?,15-/m1/s1. The van der Waals surface area contributed by atoms with Gasteiger partial charge in [-0.3, -0.25) is 9.59 Å². The molecule has 1 unspecified atom stereocenters. The predicted molar refractivity (Wildman–Crippen MR) is 95.0 cm³/mol. The number of carbonyl (C=O) groups excluding carboxylic acids is 2. The lowest BCUT2D eigenvalue weighted by molar-refractivity contribution is -0.124. The van der Waals surface area contributed by atoms with Crippen LogP contribution < -0.4 is 16.0 Å². The Morgan fingerprint density at radius 3 is 2.88 bits per heavy atom. The molecule has 4 N–H and O–H groups in total. The van der Waals surface area contributed by atoms with E-state index < -0.39 is 6.10 Å². The fourth-order valence-electron chi connectivity index (χ4n) is 3.26. The summed E-state index contributed by atoms with van der Waals surface area (Å²) in [6.45, 7) is 0.427. The second kappa shape index (κ2) is 5.97. The summed E-state index contributed by atoms with van der Waals surface area (Å²) in [5.74, 6) is -0.689. The Morgan fingerprint density at radius 2 is 2.23 bits per heavy atom. The summed E-state index contributed by atoms with van der Waals surface area (Å²) in [7, 11) is 0. The molecule has 2 aliphatic rings. The Balaban J connectivity index is 1.63. The van der Waals surface area contributed by atoms with E-state index in [0.29, 0.717) is 42.0 Å². The molecular formula is C18H17N5O3. The Bertz CT molecular complexity index is 967. The van der Waals surface area contributed by atoms with Crippen LogP contribution in [-0.4, -0.2) is 34.6 Å². The number of aromatic nitrogens is 1. The van der Waals surface area contributed by atoms with E-state index in [2.05, 4.69) is 16.4 Å². The van der Waals surface area contributed by atoms with Crippen molar-refractivity contribution in [2.75, 3.05) is 22.5 Å². The second-order valence-electron chi connectivity index (χ2n) is 6.69. The van der Waals surface area contributed by atoms with E-state index in [-0.39, 0.29) is 23.7 Å². The van der Waals surface area contributed by atoms with Crippen molar-refractivity contribution in [3.8, 4) is 6.07 Å². The number of pyridine rings is 1. The van der Waals surface area contributed by atoms with Crippen LogP contribution in [0.3, 0.4) is 0 Å². The summed E-state index contributed by atoms with van der Waals surface area (Å²) in [5, 5.41) is 22.6. The minimum absolute atomic E-state index is 0.217. The first-order valence-corrected chi connectivity index (χ1v) is 8.37. The number of nitrogens with two attached hydrogens (primary N) is 1. The quantitative estimate of drug-likeness (QED) is 0.707. The highest BCUT2D eigenvalue weighted by molar-refractivity contribution is 6.04. The number of hydrogen-bond donors (Lipinski definition) is 3. The van der Waals surface area contributed by atoms with Gasteiger partial charge in [-0.25, -0.2) is 4.98 Å². The molecule has 132 valence electrons. The molecule has 3 atom stereocenters. The molecule has 0 bridgehead atoms. The van der Waals surface area contributed by atoms with E-state index in [1.807, 2.05) is 0 Å². The second-order valence-corrected chi connectivity index (χ2v) is 6.69. The molecule has 2 amide bonds. The van der Waals surface area contributed by atoms with Crippen LogP contribution in [0.1, 0.15) is 12.8 Å². The van der Waals surface area contributed by atoms with E-state index in [1.54, 1.807) is 24.4 Å². The zero-order valence-corrected chi connectivity index (χ0v) is 13.8. The third kappa shape index (κ3) is 2.72. The number of fused-ring (bicyclic) bond motifs is 1. The van der Waals surface area contributed by atoms with Crippen LogP contribution in [0.15, 0.2) is 24.4 Å². The molecule has 8 heteroatoms. The number of anilines is 3. The summed E-state index contributed by atoms with van der Waals surface area (Å²) >= 11 is 0. The molecule has 1 aromatic carbocycles. The van der Waals surface area contributed by atoms with Crippen molar-refractivity contribution in [2.45, 2.75) is 18.9 Å². The van der Waals surface area contributed by atoms with Gasteiger partial charge < -0.3 is 21.1 Å². The van der Waals surface area contributed by atoms with Crippen molar-refractivity contribution >= 4 is 39.8 Å². The smallest absolute Gasteiger partial charge is 0.255 e. The van der Waals surface area contributed by atoms with Gasteiger partial charge in [-0.15, -0.1) is 0 Å². The predicted octanol–water partition coefficient (Wildman–Crippen LogP) is 1.01. The molecule has 0 radical (unpaired) electrons. The van der Waals surface area contributed by atoms with Crippen LogP contribution in [-0.2, 0) is 9.59 Å². The Morgan fingerprint density at radius 1 is 1.42 bits per heavy atom. The summed E-state index contributed by atoms with van der Waals surface area (Å²) < 4.78 is 0. The number of nitrogens with one attached hydrogen (secondary N) is 1. The number of carbonyl (C=O) groups is 2. The van der Waals surface area contributed by atoms with Gasteiger partial charge in [0.2, 0.25) is 5.91 Å². The Kier molecular flexibility index (Phi) is 3.74. The van der Waals surface area contributed by atoms with Gasteiger partial charge in [0.15, 0.2) is 0 Å². The molecule has 2 fully saturated rings. The molecule has 4 rings (SSSR count). The van der Waals surface area contributed by atoms with E-state index in [0.717, 1.165) is 5.39 Å². The van der Waals surface area contributed by atoms with Gasteiger partial charge in [0.05, 0.1) is 17.9 Å². The zero-order chi connectivity index (χ0) is 18.4. The number of aliphatic hydroxyl groups excluding tert-OH is 1. The summed E-state index contributed by atoms with van der Waals surface area (Å²) in [6.07, 6.45) is 1.55. The van der Waals surface area contributed by atoms with E-state index in [1.165, 1.54) is 4.90 Å². The van der Waals surface area contributed by atoms with Crippen molar-refractivity contribution < 1.29 is 14.7 Å². The fraction of sp³-hybridized carbons (Fsp3) is 0.333. The van der Waals surface area contributed by atoms with Crippen LogP contribution in [0.5, 0.6) is 0 Å². The van der Waals surface area contributed by atoms with Gasteiger partial charge >= 0.3 is 0 Å². The highest BCUT2D eigenvalue weighted by Gasteiger charge is 2.43. The monoisotopic (exact) mass is 351 g/mol. The van der Waals surface area contributed by atoms with Crippen molar-refractivity contribution in [2.24, 2.45) is 11.8 Å². The van der Waals surface area contributed by atoms with E-state index in [4.69, 9.17) is 11.0 Å². The average molecular weight is 351 g/mol. The van der Waals surface area contributed by atoms with E-state index >= 15 is 0 Å². The SMILES string of the molecule is N#C[C@H]1CC1C(=O)Nc1cc2cc(N3CC[C@@H](O)C3=O)cc(N)c2cn1. The summed E-state index contributed by atoms with van der Waals surface area (Å²) in [4.78, 5) is 29.8. The van der Waals surface area contributed by atoms with Crippen LogP contribution >= 0.6 is 0 Å². The Hall–Kier alpha value is -3.18. The number of nitrogen functional groups attached to an aromatic ring is 1. The normalized spacial score (nSPS) is 24.5. The minimum Gasteiger partial charge on any atom is -0.398 e. The van der Waals surface area contributed by atoms with Gasteiger partial charge in [0.1, 0.15) is 11.9 Å². The third-order valence-electron chi connectivity index (χ3n) is 4.89. The van der Waals surface area contributed by atoms with Crippen LogP contribution in [0, 0.1) is 23.2 Å². The fourth-order valence-corrected chi connectivity index (χ4v) is 3.26. The molecule has 2 heterocycles. The van der Waals surface area contributed by atoms with Gasteiger partial charge in [-0.05, 0) is 30.0 Å². The van der Waals surface area contributed by atoms with Gasteiger partial charge in [0.25, 0.3) is 5.91 Å². The van der Waals surface area contributed by atoms with Gasteiger partial charge in [0, 0.05) is 35.9 Å². The molecule has 26 heavy (non-hydrogen) atoms. The maximum atomic E-state index is 12.1. The lowest BCUT2D eigenvalue weighted by Crippen LogP contribution is -2.29. The van der Waals surface area contributed by atoms with Crippen LogP contribution in [0.25, 0.3) is 10.8 Å². The molecular weight excluding hydrogens is 334 g/mol. The largest absolute Gasteiger partial charge is 0.398 e. The van der Waals surface area contributed by atoms with E-state index in [9.17, 15) is 14.7 Å². The lowest BCUT2D eigenvalue weighted by atomic mass is 10.1. The first-order valence-electron chi connectivity index (χ1n) is 8.37. The molecule has 1 aliphatic carbocycles. The first-order chi connectivity index (χ1) is 12.5. The minimum atomic E-state index is -0.981. The maximum Gasteiger partial charge on any atom is 0.255 e. The number of rotatable bonds is 3. The molecule has 1 saturated heterocycles. The van der Waals surface area contributed by atoms with Crippen molar-refractivity contribution in [1.82, 2.24) is 4.98 Å². The van der Waals surface area contributed by atoms with Gasteiger partial charge in [-0.2, -0.15) is 5.26 Å². The van der Waals surface area contributed by atoms with Crippen molar-refractivity contribution in [1.29, 1.82) is 5.26 Å². The molecule has 0 spiro atoms. The number of nitriles is 1. The maximum absolute atomic E-state index is 12.1. The first kappa shape index (κ1) is 16.3. The Labute approximate surface area is 149 Å². The van der Waals surface area contributed by atoms with Gasteiger partial charge in [-0.1, -0.05) is 0 Å². The zero-order valence-electron chi connectivity index (χ0n) is 13.8. The number of nitrogens with zero attached hydrogens (tertiary/aromatic N) is 3. The summed E-state index contributed by atoms with van der Waals surface area (Å²) in [5.41, 5.74) is 7.15. The third-order valence-corrected chi connectivity index (χ3v) is 4.89. The molecule has 2 aromatic rings. The van der Waals surface area contributed by atoms with Crippen LogP contribution in [0.4, 0.5) is 17.2 Å². The number of benzene rings is 1. The number of hydrogen-bond acceptors (Lipinski definition) is 6. The molecule has 1 saturated carbocycles. The topological polar surface area (TPSA) is 132 Å². The van der Waals surface area contributed by atoms with Crippen LogP contribution in [0.2, 0.25) is 0 Å².